The first-order chi connectivity index (χ1) is 13.4. The molecule has 1 aliphatic rings. The second-order valence-electron chi connectivity index (χ2n) is 8.07. The number of aliphatic hydroxyl groups excluding tert-OH is 1. The lowest BCUT2D eigenvalue weighted by molar-refractivity contribution is 0.101. The molecule has 2 nitrogen and oxygen atoms in total. The Bertz CT molecular complexity index is 848. The van der Waals surface area contributed by atoms with Gasteiger partial charge >= 0.3 is 0 Å². The molecule has 0 heterocycles. The van der Waals surface area contributed by atoms with Crippen molar-refractivity contribution in [3.8, 4) is 0 Å². The fourth-order valence-corrected chi connectivity index (χ4v) is 5.37. The third-order valence-corrected chi connectivity index (χ3v) is 7.36. The SMILES string of the molecule is CC1=CC(C(C)(C)C)=C/C1=C(\O)OCCP(c1ccccc1)c1ccccc1. The number of hydrogen-bond donors (Lipinski definition) is 1. The van der Waals surface area contributed by atoms with E-state index in [-0.39, 0.29) is 11.4 Å². The highest BCUT2D eigenvalue weighted by Gasteiger charge is 2.23. The fourth-order valence-electron chi connectivity index (χ4n) is 3.22. The van der Waals surface area contributed by atoms with Gasteiger partial charge in [0, 0.05) is 6.16 Å². The lowest BCUT2D eigenvalue weighted by Crippen LogP contribution is -2.16. The Morgan fingerprint density at radius 3 is 1.89 bits per heavy atom. The second-order valence-corrected chi connectivity index (χ2v) is 10.4. The van der Waals surface area contributed by atoms with Crippen LogP contribution in [0.5, 0.6) is 0 Å². The first kappa shape index (κ1) is 20.4. The Morgan fingerprint density at radius 1 is 0.893 bits per heavy atom. The van der Waals surface area contributed by atoms with Gasteiger partial charge in [0.15, 0.2) is 0 Å². The maximum Gasteiger partial charge on any atom is 0.284 e. The summed E-state index contributed by atoms with van der Waals surface area (Å²) in [5.74, 6) is 0.0315. The standard InChI is InChI=1S/C25H29O2P/c1-19-17-20(25(2,3)4)18-23(19)24(26)27-15-16-28(21-11-7-5-8-12-21)22-13-9-6-10-14-22/h5-14,17-18,26H,15-16H2,1-4H3/b24-23-. The van der Waals surface area contributed by atoms with Crippen molar-refractivity contribution in [3.05, 3.63) is 95.5 Å². The third kappa shape index (κ3) is 4.94. The molecule has 0 atom stereocenters. The Morgan fingerprint density at radius 2 is 1.43 bits per heavy atom. The van der Waals surface area contributed by atoms with Crippen LogP contribution in [0.4, 0.5) is 0 Å². The van der Waals surface area contributed by atoms with Gasteiger partial charge in [-0.15, -0.1) is 0 Å². The minimum absolute atomic E-state index is 0.0315. The van der Waals surface area contributed by atoms with E-state index in [9.17, 15) is 5.11 Å². The Labute approximate surface area is 170 Å². The molecule has 0 saturated heterocycles. The maximum atomic E-state index is 10.5. The van der Waals surface area contributed by atoms with Crippen LogP contribution in [0.15, 0.2) is 95.5 Å². The predicted molar refractivity (Wildman–Crippen MR) is 121 cm³/mol. The van der Waals surface area contributed by atoms with E-state index < -0.39 is 7.92 Å². The molecule has 0 bridgehead atoms. The zero-order chi connectivity index (χ0) is 20.1. The average molecular weight is 392 g/mol. The van der Waals surface area contributed by atoms with Crippen molar-refractivity contribution in [1.29, 1.82) is 0 Å². The summed E-state index contributed by atoms with van der Waals surface area (Å²) >= 11 is 0. The molecule has 0 saturated carbocycles. The molecule has 1 aliphatic carbocycles. The van der Waals surface area contributed by atoms with Crippen molar-refractivity contribution in [2.24, 2.45) is 5.41 Å². The van der Waals surface area contributed by atoms with Gasteiger partial charge in [0.1, 0.15) is 0 Å². The topological polar surface area (TPSA) is 29.5 Å². The largest absolute Gasteiger partial charge is 0.481 e. The normalized spacial score (nSPS) is 16.0. The summed E-state index contributed by atoms with van der Waals surface area (Å²) < 4.78 is 5.80. The molecule has 0 radical (unpaired) electrons. The highest BCUT2D eigenvalue weighted by atomic mass is 31.1. The predicted octanol–water partition coefficient (Wildman–Crippen LogP) is 5.84. The summed E-state index contributed by atoms with van der Waals surface area (Å²) in [6.45, 7) is 9.03. The molecule has 0 aromatic heterocycles. The summed E-state index contributed by atoms with van der Waals surface area (Å²) in [4.78, 5) is 0. The molecule has 2 aromatic rings. The van der Waals surface area contributed by atoms with Crippen molar-refractivity contribution in [2.75, 3.05) is 12.8 Å². The summed E-state index contributed by atoms with van der Waals surface area (Å²) in [5.41, 5.74) is 3.12. The molecule has 3 rings (SSSR count). The highest BCUT2D eigenvalue weighted by Crippen LogP contribution is 2.37. The quantitative estimate of drug-likeness (QED) is 0.494. The average Bonchev–Trinajstić information content (AvgIpc) is 3.09. The molecule has 2 aromatic carbocycles. The molecule has 28 heavy (non-hydrogen) atoms. The van der Waals surface area contributed by atoms with Crippen LogP contribution in [0.25, 0.3) is 0 Å². The minimum Gasteiger partial charge on any atom is -0.481 e. The third-order valence-electron chi connectivity index (χ3n) is 4.88. The first-order valence-electron chi connectivity index (χ1n) is 9.71. The fraction of sp³-hybridized carbons (Fsp3) is 0.280. The minimum atomic E-state index is -0.521. The van der Waals surface area contributed by atoms with E-state index in [1.807, 2.05) is 25.1 Å². The van der Waals surface area contributed by atoms with Crippen LogP contribution in [0, 0.1) is 5.41 Å². The Kier molecular flexibility index (Phi) is 6.42. The van der Waals surface area contributed by atoms with Crippen molar-refractivity contribution >= 4 is 18.5 Å². The molecular formula is C25H29O2P. The summed E-state index contributed by atoms with van der Waals surface area (Å²) in [6.07, 6.45) is 5.04. The van der Waals surface area contributed by atoms with Crippen molar-refractivity contribution in [2.45, 2.75) is 27.7 Å². The van der Waals surface area contributed by atoms with E-state index in [0.717, 1.165) is 17.3 Å². The number of benzene rings is 2. The molecule has 0 spiro atoms. The zero-order valence-electron chi connectivity index (χ0n) is 17.1. The molecule has 0 aliphatic heterocycles. The van der Waals surface area contributed by atoms with Gasteiger partial charge < -0.3 is 9.84 Å². The van der Waals surface area contributed by atoms with Gasteiger partial charge in [-0.2, -0.15) is 0 Å². The van der Waals surface area contributed by atoms with Crippen LogP contribution < -0.4 is 10.6 Å². The van der Waals surface area contributed by atoms with Gasteiger partial charge in [0.05, 0.1) is 12.2 Å². The van der Waals surface area contributed by atoms with E-state index in [2.05, 4.69) is 75.4 Å². The van der Waals surface area contributed by atoms with Gasteiger partial charge in [-0.25, -0.2) is 0 Å². The molecule has 146 valence electrons. The van der Waals surface area contributed by atoms with Crippen molar-refractivity contribution in [3.63, 3.8) is 0 Å². The summed E-state index contributed by atoms with van der Waals surface area (Å²) in [5, 5.41) is 13.2. The summed E-state index contributed by atoms with van der Waals surface area (Å²) in [6, 6.07) is 21.1. The van der Waals surface area contributed by atoms with E-state index in [1.165, 1.54) is 16.2 Å². The number of hydrogen-bond acceptors (Lipinski definition) is 2. The Balaban J connectivity index is 1.73. The van der Waals surface area contributed by atoms with Gasteiger partial charge in [0.2, 0.25) is 0 Å². The molecule has 1 N–H and O–H groups in total. The van der Waals surface area contributed by atoms with Gasteiger partial charge in [0.25, 0.3) is 5.95 Å². The van der Waals surface area contributed by atoms with Gasteiger partial charge in [-0.1, -0.05) is 87.5 Å². The van der Waals surface area contributed by atoms with Crippen LogP contribution in [-0.2, 0) is 4.74 Å². The van der Waals surface area contributed by atoms with Gasteiger partial charge in [-0.3, -0.25) is 0 Å². The van der Waals surface area contributed by atoms with Crippen LogP contribution >= 0.6 is 7.92 Å². The first-order valence-corrected chi connectivity index (χ1v) is 11.2. The highest BCUT2D eigenvalue weighted by molar-refractivity contribution is 7.73. The monoisotopic (exact) mass is 392 g/mol. The molecule has 0 amide bonds. The van der Waals surface area contributed by atoms with E-state index in [4.69, 9.17) is 4.74 Å². The number of rotatable bonds is 6. The number of allylic oxidation sites excluding steroid dienone is 5. The van der Waals surface area contributed by atoms with E-state index in [1.54, 1.807) is 0 Å². The number of aliphatic hydroxyl groups is 1. The molecule has 0 fully saturated rings. The molecule has 0 unspecified atom stereocenters. The molecular weight excluding hydrogens is 363 g/mol. The van der Waals surface area contributed by atoms with Crippen molar-refractivity contribution < 1.29 is 9.84 Å². The summed E-state index contributed by atoms with van der Waals surface area (Å²) in [7, 11) is -0.521. The lowest BCUT2D eigenvalue weighted by atomic mass is 9.87. The van der Waals surface area contributed by atoms with Crippen LogP contribution in [-0.4, -0.2) is 17.9 Å². The van der Waals surface area contributed by atoms with Crippen molar-refractivity contribution in [1.82, 2.24) is 0 Å². The number of ether oxygens (including phenoxy) is 1. The molecule has 3 heteroatoms. The van der Waals surface area contributed by atoms with Gasteiger partial charge in [-0.05, 0) is 48.1 Å². The second kappa shape index (κ2) is 8.80. The maximum absolute atomic E-state index is 10.5. The zero-order valence-corrected chi connectivity index (χ0v) is 18.0. The van der Waals surface area contributed by atoms with Crippen LogP contribution in [0.1, 0.15) is 27.7 Å². The van der Waals surface area contributed by atoms with E-state index in [0.29, 0.717) is 6.61 Å². The van der Waals surface area contributed by atoms with E-state index >= 15 is 0 Å². The smallest absolute Gasteiger partial charge is 0.284 e. The van der Waals surface area contributed by atoms with Crippen LogP contribution in [0.2, 0.25) is 0 Å². The Hall–Kier alpha value is -2.31. The van der Waals surface area contributed by atoms with Crippen LogP contribution in [0.3, 0.4) is 0 Å². The lowest BCUT2D eigenvalue weighted by Gasteiger charge is -2.19.